The number of ether oxygens (including phenoxy) is 2. The number of carbonyl (C=O) groups excluding carboxylic acids is 1. The number of methoxy groups -OCH3 is 2. The van der Waals surface area contributed by atoms with Gasteiger partial charge in [0.1, 0.15) is 0 Å². The maximum Gasteiger partial charge on any atom is 0.280 e. The molecule has 0 spiro atoms. The van der Waals surface area contributed by atoms with Crippen LogP contribution in [-0.4, -0.2) is 42.5 Å². The monoisotopic (exact) mass is 448 g/mol. The fourth-order valence-corrected chi connectivity index (χ4v) is 5.18. The van der Waals surface area contributed by atoms with Gasteiger partial charge >= 0.3 is 0 Å². The third-order valence-corrected chi connectivity index (χ3v) is 6.91. The van der Waals surface area contributed by atoms with E-state index in [0.29, 0.717) is 21.9 Å². The van der Waals surface area contributed by atoms with Crippen LogP contribution in [0.5, 0.6) is 11.5 Å². The van der Waals surface area contributed by atoms with Crippen LogP contribution < -0.4 is 14.3 Å². The molecule has 1 amide bonds. The Bertz CT molecular complexity index is 1070. The minimum atomic E-state index is -0.218. The molecule has 0 bridgehead atoms. The summed E-state index contributed by atoms with van der Waals surface area (Å²) in [4.78, 5) is 19.2. The van der Waals surface area contributed by atoms with Crippen LogP contribution in [0.1, 0.15) is 17.3 Å². The number of thioether (sulfide) groups is 2. The van der Waals surface area contributed by atoms with Gasteiger partial charge in [0.15, 0.2) is 16.3 Å². The first-order valence-electron chi connectivity index (χ1n) is 9.18. The Morgan fingerprint density at radius 2 is 1.90 bits per heavy atom. The molecule has 0 N–H and O–H groups in total. The van der Waals surface area contributed by atoms with E-state index in [9.17, 15) is 4.79 Å². The van der Waals surface area contributed by atoms with Crippen molar-refractivity contribution in [3.63, 3.8) is 0 Å². The van der Waals surface area contributed by atoms with Crippen molar-refractivity contribution in [2.45, 2.75) is 18.4 Å². The number of amides is 1. The number of rotatable bonds is 8. The number of hydrogen-bond acceptors (Lipinski definition) is 6. The van der Waals surface area contributed by atoms with Crippen molar-refractivity contribution in [3.8, 4) is 11.5 Å². The Balaban J connectivity index is 2.15. The number of nitrogens with zero attached hydrogens (tertiary/aromatic N) is 2. The van der Waals surface area contributed by atoms with Crippen LogP contribution in [0.3, 0.4) is 0 Å². The average molecular weight is 449 g/mol. The number of hydrogen-bond donors (Lipinski definition) is 0. The molecule has 2 aromatic carbocycles. The Morgan fingerprint density at radius 1 is 1.17 bits per heavy atom. The van der Waals surface area contributed by atoms with E-state index < -0.39 is 0 Å². The van der Waals surface area contributed by atoms with Crippen molar-refractivity contribution in [1.82, 2.24) is 4.57 Å². The first-order chi connectivity index (χ1) is 14.1. The first-order valence-corrected chi connectivity index (χ1v) is 12.4. The average Bonchev–Trinajstić information content (AvgIpc) is 3.07. The number of carbonyl (C=O) groups is 1. The third-order valence-electron chi connectivity index (χ3n) is 4.32. The molecular weight excluding hydrogens is 424 g/mol. The molecule has 3 rings (SSSR count). The molecule has 5 nitrogen and oxygen atoms in total. The van der Waals surface area contributed by atoms with Crippen LogP contribution in [0.2, 0.25) is 0 Å². The molecule has 0 aliphatic rings. The van der Waals surface area contributed by atoms with Crippen molar-refractivity contribution < 1.29 is 14.3 Å². The maximum absolute atomic E-state index is 13.0. The van der Waals surface area contributed by atoms with Crippen LogP contribution in [-0.2, 0) is 6.54 Å². The highest BCUT2D eigenvalue weighted by atomic mass is 32.2. The van der Waals surface area contributed by atoms with Gasteiger partial charge in [-0.15, -0.1) is 11.8 Å². The predicted molar refractivity (Wildman–Crippen MR) is 124 cm³/mol. The molecule has 0 saturated carbocycles. The summed E-state index contributed by atoms with van der Waals surface area (Å²) in [5.74, 6) is 2.94. The lowest BCUT2D eigenvalue weighted by atomic mass is 10.2. The number of fused-ring (bicyclic) bond motifs is 1. The second-order valence-corrected chi connectivity index (χ2v) is 9.35. The zero-order chi connectivity index (χ0) is 20.8. The summed E-state index contributed by atoms with van der Waals surface area (Å²) < 4.78 is 14.0. The molecule has 0 saturated heterocycles. The van der Waals surface area contributed by atoms with E-state index in [1.165, 1.54) is 11.3 Å². The Labute approximate surface area is 183 Å². The van der Waals surface area contributed by atoms with Crippen molar-refractivity contribution in [3.05, 3.63) is 46.8 Å². The third kappa shape index (κ3) is 4.82. The van der Waals surface area contributed by atoms with E-state index >= 15 is 0 Å². The second kappa shape index (κ2) is 10.2. The lowest BCUT2D eigenvalue weighted by Crippen LogP contribution is -2.18. The van der Waals surface area contributed by atoms with Crippen molar-refractivity contribution in [1.29, 1.82) is 0 Å². The summed E-state index contributed by atoms with van der Waals surface area (Å²) in [6, 6.07) is 11.5. The van der Waals surface area contributed by atoms with Crippen molar-refractivity contribution in [2.75, 3.05) is 32.0 Å². The molecule has 1 aromatic heterocycles. The van der Waals surface area contributed by atoms with Gasteiger partial charge in [-0.2, -0.15) is 16.8 Å². The largest absolute Gasteiger partial charge is 0.493 e. The minimum absolute atomic E-state index is 0.218. The SMILES string of the molecule is CCSc1ccccc1C(=O)N=c1sc2cc(OC)c(OC)cc2n1CCSC. The van der Waals surface area contributed by atoms with E-state index in [-0.39, 0.29) is 5.91 Å². The van der Waals surface area contributed by atoms with Crippen molar-refractivity contribution in [2.24, 2.45) is 4.99 Å². The van der Waals surface area contributed by atoms with Crippen LogP contribution in [0.15, 0.2) is 46.3 Å². The predicted octanol–water partition coefficient (Wildman–Crippen LogP) is 4.94. The molecule has 0 radical (unpaired) electrons. The fourth-order valence-electron chi connectivity index (χ4n) is 2.95. The summed E-state index contributed by atoms with van der Waals surface area (Å²) in [5, 5.41) is 0. The van der Waals surface area contributed by atoms with E-state index in [1.54, 1.807) is 37.7 Å². The summed E-state index contributed by atoms with van der Waals surface area (Å²) in [5.41, 5.74) is 1.63. The number of thiazole rings is 1. The Kier molecular flexibility index (Phi) is 7.69. The van der Waals surface area contributed by atoms with Crippen LogP contribution in [0.25, 0.3) is 10.2 Å². The lowest BCUT2D eigenvalue weighted by Gasteiger charge is -2.09. The van der Waals surface area contributed by atoms with Crippen molar-refractivity contribution >= 4 is 51.0 Å². The van der Waals surface area contributed by atoms with Crippen LogP contribution in [0.4, 0.5) is 0 Å². The van der Waals surface area contributed by atoms with Gasteiger partial charge in [0.25, 0.3) is 5.91 Å². The standard InChI is InChI=1S/C21H24N2O3S3/c1-5-28-18-9-7-6-8-14(18)20(24)22-21-23(10-11-27-4)15-12-16(25-2)17(26-3)13-19(15)29-21/h6-9,12-13H,5,10-11H2,1-4H3. The maximum atomic E-state index is 13.0. The van der Waals surface area contributed by atoms with E-state index in [4.69, 9.17) is 9.47 Å². The van der Waals surface area contributed by atoms with Gasteiger partial charge in [0.2, 0.25) is 0 Å². The van der Waals surface area contributed by atoms with Gasteiger partial charge in [0, 0.05) is 29.3 Å². The fraction of sp³-hybridized carbons (Fsp3) is 0.333. The molecule has 3 aromatic rings. The molecule has 0 aliphatic carbocycles. The number of aromatic nitrogens is 1. The van der Waals surface area contributed by atoms with Gasteiger partial charge < -0.3 is 14.0 Å². The van der Waals surface area contributed by atoms with Crippen LogP contribution in [0, 0.1) is 0 Å². The van der Waals surface area contributed by atoms with E-state index in [2.05, 4.69) is 22.7 Å². The smallest absolute Gasteiger partial charge is 0.280 e. The van der Waals surface area contributed by atoms with Gasteiger partial charge in [-0.3, -0.25) is 4.79 Å². The zero-order valence-electron chi connectivity index (χ0n) is 16.9. The summed E-state index contributed by atoms with van der Waals surface area (Å²) >= 11 is 4.90. The van der Waals surface area contributed by atoms with Gasteiger partial charge in [-0.05, 0) is 24.1 Å². The van der Waals surface area contributed by atoms with E-state index in [1.807, 2.05) is 36.4 Å². The molecule has 0 aliphatic heterocycles. The summed E-state index contributed by atoms with van der Waals surface area (Å²) in [7, 11) is 3.25. The normalized spacial score (nSPS) is 11.8. The molecule has 0 atom stereocenters. The van der Waals surface area contributed by atoms with Gasteiger partial charge in [-0.1, -0.05) is 30.4 Å². The first kappa shape index (κ1) is 21.8. The molecule has 154 valence electrons. The topological polar surface area (TPSA) is 52.8 Å². The second-order valence-electron chi connectivity index (χ2n) is 6.05. The number of benzene rings is 2. The molecular formula is C21H24N2O3S3. The summed E-state index contributed by atoms with van der Waals surface area (Å²) in [6.45, 7) is 2.83. The van der Waals surface area contributed by atoms with Gasteiger partial charge in [0.05, 0.1) is 30.0 Å². The Morgan fingerprint density at radius 3 is 2.59 bits per heavy atom. The molecule has 1 heterocycles. The lowest BCUT2D eigenvalue weighted by molar-refractivity contribution is 0.0995. The molecule has 0 fully saturated rings. The highest BCUT2D eigenvalue weighted by Crippen LogP contribution is 2.33. The van der Waals surface area contributed by atoms with E-state index in [0.717, 1.165) is 33.2 Å². The summed E-state index contributed by atoms with van der Waals surface area (Å²) in [6.07, 6.45) is 2.07. The zero-order valence-corrected chi connectivity index (χ0v) is 19.4. The molecule has 8 heteroatoms. The van der Waals surface area contributed by atoms with Gasteiger partial charge in [-0.25, -0.2) is 0 Å². The Hall–Kier alpha value is -1.90. The highest BCUT2D eigenvalue weighted by molar-refractivity contribution is 7.99. The highest BCUT2D eigenvalue weighted by Gasteiger charge is 2.15. The van der Waals surface area contributed by atoms with Crippen LogP contribution >= 0.6 is 34.9 Å². The molecule has 0 unspecified atom stereocenters. The molecule has 29 heavy (non-hydrogen) atoms. The number of aryl methyl sites for hydroxylation is 1. The minimum Gasteiger partial charge on any atom is -0.493 e. The quantitative estimate of drug-likeness (QED) is 0.457.